The van der Waals surface area contributed by atoms with E-state index in [1.165, 1.54) is 5.57 Å². The van der Waals surface area contributed by atoms with Gasteiger partial charge < -0.3 is 20.1 Å². The Morgan fingerprint density at radius 1 is 1.22 bits per heavy atom. The molecule has 177 valence electrons. The summed E-state index contributed by atoms with van der Waals surface area (Å²) in [6.45, 7) is 10.1. The van der Waals surface area contributed by atoms with Crippen LogP contribution in [0.15, 0.2) is 23.8 Å². The van der Waals surface area contributed by atoms with Crippen molar-refractivity contribution in [3.8, 4) is 0 Å². The molecular formula is C25H40NaO6. The Morgan fingerprint density at radius 3 is 2.47 bits per heavy atom. The number of carboxylic acids is 1. The molecule has 0 heterocycles. The zero-order valence-corrected chi connectivity index (χ0v) is 22.6. The Hall–Kier alpha value is -0.660. The van der Waals surface area contributed by atoms with Crippen LogP contribution in [-0.4, -0.2) is 75.1 Å². The van der Waals surface area contributed by atoms with Crippen molar-refractivity contribution >= 4 is 41.5 Å². The standard InChI is InChI=1S/C25H40O6.Na/c1-6-25(4,5)24(30)31-21-12-15(2)11-17-8-7-16(3)20(23(17)21)10-9-18(26)13-19(27)14-22(28)29;/h7-8,11,15-16,18-21,23,26-27H,6,9-10,12-14H2,1-5H3,(H,28,29);/t15-,16-,18+,19+,20-,21-,23-;/m0./s1. The van der Waals surface area contributed by atoms with Gasteiger partial charge in [-0.3, -0.25) is 9.59 Å². The molecule has 0 saturated carbocycles. The minimum atomic E-state index is -1.07. The van der Waals surface area contributed by atoms with E-state index in [-0.39, 0.29) is 72.2 Å². The van der Waals surface area contributed by atoms with Gasteiger partial charge in [-0.15, -0.1) is 0 Å². The number of rotatable bonds is 10. The second-order valence-electron chi connectivity index (χ2n) is 10.2. The number of aliphatic carboxylic acids is 1. The molecule has 32 heavy (non-hydrogen) atoms. The first-order chi connectivity index (χ1) is 14.4. The van der Waals surface area contributed by atoms with E-state index in [9.17, 15) is 19.8 Å². The molecular weight excluding hydrogens is 419 g/mol. The fourth-order valence-corrected chi connectivity index (χ4v) is 4.76. The van der Waals surface area contributed by atoms with Crippen LogP contribution in [0, 0.1) is 29.1 Å². The molecule has 2 rings (SSSR count). The first-order valence-electron chi connectivity index (χ1n) is 11.6. The van der Waals surface area contributed by atoms with Gasteiger partial charge >= 0.3 is 11.9 Å². The molecule has 0 saturated heterocycles. The zero-order chi connectivity index (χ0) is 23.3. The molecule has 1 radical (unpaired) electrons. The van der Waals surface area contributed by atoms with Gasteiger partial charge in [-0.2, -0.15) is 0 Å². The zero-order valence-electron chi connectivity index (χ0n) is 20.6. The van der Waals surface area contributed by atoms with Gasteiger partial charge in [0.2, 0.25) is 0 Å². The first-order valence-corrected chi connectivity index (χ1v) is 11.6. The Morgan fingerprint density at radius 2 is 1.88 bits per heavy atom. The van der Waals surface area contributed by atoms with Crippen molar-refractivity contribution in [2.24, 2.45) is 29.1 Å². The smallest absolute Gasteiger partial charge is 0.311 e. The predicted molar refractivity (Wildman–Crippen MR) is 125 cm³/mol. The molecule has 0 aromatic carbocycles. The molecule has 6 nitrogen and oxygen atoms in total. The summed E-state index contributed by atoms with van der Waals surface area (Å²) in [5.41, 5.74) is 0.682. The quantitative estimate of drug-likeness (QED) is 0.340. The fourth-order valence-electron chi connectivity index (χ4n) is 4.76. The van der Waals surface area contributed by atoms with Crippen molar-refractivity contribution in [2.45, 2.75) is 91.5 Å². The molecule has 0 aliphatic heterocycles. The Balaban J connectivity index is 0.00000512. The molecule has 3 N–H and O–H groups in total. The number of hydrogen-bond donors (Lipinski definition) is 3. The third-order valence-electron chi connectivity index (χ3n) is 7.08. The van der Waals surface area contributed by atoms with E-state index in [0.717, 1.165) is 6.42 Å². The molecule has 2 aliphatic rings. The summed E-state index contributed by atoms with van der Waals surface area (Å²) >= 11 is 0. The SMILES string of the molecule is CCC(C)(C)C(=O)O[C@H]1C[C@@H](C)C=C2C=C[C@H](C)[C@H](CC[C@@H](O)C[C@@H](O)CC(=O)O)[C@H]21.[Na]. The van der Waals surface area contributed by atoms with Crippen LogP contribution in [0.5, 0.6) is 0 Å². The molecule has 0 unspecified atom stereocenters. The fraction of sp³-hybridized carbons (Fsp3) is 0.760. The topological polar surface area (TPSA) is 104 Å². The monoisotopic (exact) mass is 459 g/mol. The van der Waals surface area contributed by atoms with Crippen LogP contribution in [0.4, 0.5) is 0 Å². The average Bonchev–Trinajstić information content (AvgIpc) is 2.66. The number of aliphatic hydroxyl groups excluding tert-OH is 2. The maximum absolute atomic E-state index is 12.8. The van der Waals surface area contributed by atoms with E-state index in [4.69, 9.17) is 9.84 Å². The van der Waals surface area contributed by atoms with Crippen LogP contribution in [0.25, 0.3) is 0 Å². The van der Waals surface area contributed by atoms with Crippen LogP contribution in [0.2, 0.25) is 0 Å². The summed E-state index contributed by atoms with van der Waals surface area (Å²) in [4.78, 5) is 23.6. The second-order valence-corrected chi connectivity index (χ2v) is 10.2. The van der Waals surface area contributed by atoms with E-state index >= 15 is 0 Å². The van der Waals surface area contributed by atoms with Crippen molar-refractivity contribution in [1.82, 2.24) is 0 Å². The van der Waals surface area contributed by atoms with Crippen LogP contribution in [0.1, 0.15) is 73.1 Å². The van der Waals surface area contributed by atoms with Crippen LogP contribution in [0.3, 0.4) is 0 Å². The molecule has 2 aliphatic carbocycles. The summed E-state index contributed by atoms with van der Waals surface area (Å²) < 4.78 is 6.10. The van der Waals surface area contributed by atoms with Gasteiger partial charge in [0.15, 0.2) is 0 Å². The number of ether oxygens (including phenoxy) is 1. The first kappa shape index (κ1) is 29.4. The normalized spacial score (nSPS) is 29.2. The maximum atomic E-state index is 12.8. The molecule has 0 fully saturated rings. The number of hydrogen-bond acceptors (Lipinski definition) is 5. The van der Waals surface area contributed by atoms with Crippen LogP contribution in [-0.2, 0) is 14.3 Å². The maximum Gasteiger partial charge on any atom is 0.311 e. The summed E-state index contributed by atoms with van der Waals surface area (Å²) in [7, 11) is 0. The summed E-state index contributed by atoms with van der Waals surface area (Å²) in [6, 6.07) is 0. The summed E-state index contributed by atoms with van der Waals surface area (Å²) in [5.74, 6) is -0.347. The summed E-state index contributed by atoms with van der Waals surface area (Å²) in [6.07, 6.45) is 6.98. The van der Waals surface area contributed by atoms with Gasteiger partial charge in [-0.05, 0) is 69.3 Å². The van der Waals surface area contributed by atoms with E-state index < -0.39 is 23.6 Å². The number of aliphatic hydroxyl groups is 2. The van der Waals surface area contributed by atoms with Gasteiger partial charge in [0.25, 0.3) is 0 Å². The van der Waals surface area contributed by atoms with Gasteiger partial charge in [0.1, 0.15) is 6.10 Å². The third-order valence-corrected chi connectivity index (χ3v) is 7.08. The van der Waals surface area contributed by atoms with Crippen molar-refractivity contribution in [3.05, 3.63) is 23.8 Å². The minimum absolute atomic E-state index is 0. The summed E-state index contributed by atoms with van der Waals surface area (Å²) in [5, 5.41) is 29.0. The molecule has 0 aromatic heterocycles. The number of allylic oxidation sites excluding steroid dienone is 3. The van der Waals surface area contributed by atoms with Crippen molar-refractivity contribution in [3.63, 3.8) is 0 Å². The van der Waals surface area contributed by atoms with E-state index in [2.05, 4.69) is 32.1 Å². The molecule has 0 amide bonds. The molecule has 0 bridgehead atoms. The van der Waals surface area contributed by atoms with Gasteiger partial charge in [-0.25, -0.2) is 0 Å². The predicted octanol–water partition coefficient (Wildman–Crippen LogP) is 3.72. The van der Waals surface area contributed by atoms with Crippen molar-refractivity contribution in [1.29, 1.82) is 0 Å². The Kier molecular flexibility index (Phi) is 11.7. The molecule has 7 atom stereocenters. The van der Waals surface area contributed by atoms with E-state index in [1.807, 2.05) is 20.8 Å². The number of carboxylic acid groups (broad SMARTS) is 1. The van der Waals surface area contributed by atoms with Crippen molar-refractivity contribution < 1.29 is 29.6 Å². The Labute approximate surface area is 214 Å². The van der Waals surface area contributed by atoms with E-state index in [1.54, 1.807) is 0 Å². The minimum Gasteiger partial charge on any atom is -0.481 e. The number of carbonyl (C=O) groups is 2. The van der Waals surface area contributed by atoms with Gasteiger partial charge in [-0.1, -0.05) is 39.0 Å². The Bertz CT molecular complexity index is 701. The number of carbonyl (C=O) groups excluding carboxylic acids is 1. The van der Waals surface area contributed by atoms with Gasteiger partial charge in [0, 0.05) is 35.5 Å². The van der Waals surface area contributed by atoms with Crippen molar-refractivity contribution in [2.75, 3.05) is 0 Å². The van der Waals surface area contributed by atoms with Crippen LogP contribution < -0.4 is 0 Å². The average molecular weight is 460 g/mol. The van der Waals surface area contributed by atoms with Gasteiger partial charge in [0.05, 0.1) is 24.0 Å². The number of fused-ring (bicyclic) bond motifs is 1. The largest absolute Gasteiger partial charge is 0.481 e. The number of esters is 1. The van der Waals surface area contributed by atoms with Crippen LogP contribution >= 0.6 is 0 Å². The molecule has 7 heteroatoms. The van der Waals surface area contributed by atoms with E-state index in [0.29, 0.717) is 25.2 Å². The second kappa shape index (κ2) is 12.7. The third kappa shape index (κ3) is 7.98. The molecule has 0 spiro atoms. The molecule has 0 aromatic rings.